The Kier molecular flexibility index (Phi) is 6.69. The first-order chi connectivity index (χ1) is 8.54. The maximum Gasteiger partial charge on any atom is 0.236 e. The highest BCUT2D eigenvalue weighted by molar-refractivity contribution is 5.78. The average Bonchev–Trinajstić information content (AvgIpc) is 2.61. The second-order valence-electron chi connectivity index (χ2n) is 6.01. The summed E-state index contributed by atoms with van der Waals surface area (Å²) in [6.45, 7) is 11.3. The summed E-state index contributed by atoms with van der Waals surface area (Å²) >= 11 is 0. The summed E-state index contributed by atoms with van der Waals surface area (Å²) < 4.78 is 0. The molecule has 0 spiro atoms. The van der Waals surface area contributed by atoms with Crippen molar-refractivity contribution in [2.45, 2.75) is 59.4 Å². The Morgan fingerprint density at radius 3 is 2.61 bits per heavy atom. The Morgan fingerprint density at radius 1 is 1.28 bits per heavy atom. The number of nitrogens with one attached hydrogen (secondary N) is 1. The highest BCUT2D eigenvalue weighted by Crippen LogP contribution is 2.24. The maximum atomic E-state index is 12.1. The molecule has 0 aromatic rings. The number of carbonyl (C=O) groups excluding carboxylic acids is 1. The molecule has 106 valence electrons. The zero-order valence-corrected chi connectivity index (χ0v) is 12.5. The molecular weight excluding hydrogens is 224 g/mol. The average molecular weight is 254 g/mol. The van der Waals surface area contributed by atoms with E-state index in [4.69, 9.17) is 0 Å². The molecule has 0 aliphatic carbocycles. The Morgan fingerprint density at radius 2 is 2.00 bits per heavy atom. The van der Waals surface area contributed by atoms with Crippen molar-refractivity contribution >= 4 is 5.91 Å². The van der Waals surface area contributed by atoms with Gasteiger partial charge in [-0.1, -0.05) is 20.8 Å². The summed E-state index contributed by atoms with van der Waals surface area (Å²) in [6, 6.07) is 0.435. The first-order valence-corrected chi connectivity index (χ1v) is 7.55. The lowest BCUT2D eigenvalue weighted by Crippen LogP contribution is -2.41. The number of nitrogens with zero attached hydrogens (tertiary/aromatic N) is 1. The summed E-state index contributed by atoms with van der Waals surface area (Å²) in [5.41, 5.74) is 0. The first-order valence-electron chi connectivity index (χ1n) is 7.55. The first kappa shape index (κ1) is 15.5. The molecule has 0 aromatic heterocycles. The van der Waals surface area contributed by atoms with Gasteiger partial charge in [0, 0.05) is 19.1 Å². The minimum Gasteiger partial charge on any atom is -0.342 e. The third-order valence-electron chi connectivity index (χ3n) is 4.28. The van der Waals surface area contributed by atoms with E-state index in [2.05, 4.69) is 37.9 Å². The highest BCUT2D eigenvalue weighted by Gasteiger charge is 2.22. The van der Waals surface area contributed by atoms with Gasteiger partial charge in [0.2, 0.25) is 5.91 Å². The summed E-state index contributed by atoms with van der Waals surface area (Å²) in [5.74, 6) is 1.82. The molecule has 3 heteroatoms. The van der Waals surface area contributed by atoms with Gasteiger partial charge in [-0.05, 0) is 44.4 Å². The van der Waals surface area contributed by atoms with Crippen molar-refractivity contribution in [3.8, 4) is 0 Å². The zero-order valence-electron chi connectivity index (χ0n) is 12.5. The molecule has 1 rings (SSSR count). The van der Waals surface area contributed by atoms with Crippen molar-refractivity contribution in [3.63, 3.8) is 0 Å². The molecule has 1 amide bonds. The number of hydrogen-bond donors (Lipinski definition) is 1. The molecule has 0 saturated carbocycles. The van der Waals surface area contributed by atoms with Crippen molar-refractivity contribution in [1.82, 2.24) is 10.2 Å². The van der Waals surface area contributed by atoms with Crippen molar-refractivity contribution in [3.05, 3.63) is 0 Å². The van der Waals surface area contributed by atoms with Crippen molar-refractivity contribution < 1.29 is 4.79 Å². The van der Waals surface area contributed by atoms with Crippen molar-refractivity contribution in [2.24, 2.45) is 11.8 Å². The number of rotatable bonds is 5. The SMILES string of the molecule is CCC(C)NCC(=O)N1CCCC(C(C)C)CC1. The number of hydrogen-bond acceptors (Lipinski definition) is 2. The molecule has 1 N–H and O–H groups in total. The molecule has 18 heavy (non-hydrogen) atoms. The summed E-state index contributed by atoms with van der Waals surface area (Å²) in [5, 5.41) is 3.29. The second kappa shape index (κ2) is 7.78. The van der Waals surface area contributed by atoms with Crippen LogP contribution in [0.15, 0.2) is 0 Å². The standard InChI is InChI=1S/C15H30N2O/c1-5-13(4)16-11-15(18)17-9-6-7-14(8-10-17)12(2)3/h12-14,16H,5-11H2,1-4H3. The van der Waals surface area contributed by atoms with E-state index in [1.165, 1.54) is 12.8 Å². The van der Waals surface area contributed by atoms with E-state index in [9.17, 15) is 4.79 Å². The van der Waals surface area contributed by atoms with Gasteiger partial charge in [0.1, 0.15) is 0 Å². The van der Waals surface area contributed by atoms with Gasteiger partial charge in [0.05, 0.1) is 6.54 Å². The monoisotopic (exact) mass is 254 g/mol. The number of likely N-dealkylation sites (tertiary alicyclic amines) is 1. The van der Waals surface area contributed by atoms with Crippen LogP contribution in [0.1, 0.15) is 53.4 Å². The summed E-state index contributed by atoms with van der Waals surface area (Å²) in [6.07, 6.45) is 4.69. The molecule has 3 nitrogen and oxygen atoms in total. The topological polar surface area (TPSA) is 32.3 Å². The van der Waals surface area contributed by atoms with Crippen LogP contribution in [0.25, 0.3) is 0 Å². The van der Waals surface area contributed by atoms with Gasteiger partial charge >= 0.3 is 0 Å². The Bertz CT molecular complexity index is 253. The number of amides is 1. The van der Waals surface area contributed by atoms with Crippen molar-refractivity contribution in [1.29, 1.82) is 0 Å². The fourth-order valence-corrected chi connectivity index (χ4v) is 2.56. The van der Waals surface area contributed by atoms with Crippen LogP contribution in [0.2, 0.25) is 0 Å². The van der Waals surface area contributed by atoms with Gasteiger partial charge in [-0.3, -0.25) is 4.79 Å². The fourth-order valence-electron chi connectivity index (χ4n) is 2.56. The highest BCUT2D eigenvalue weighted by atomic mass is 16.2. The predicted octanol–water partition coefficient (Wildman–Crippen LogP) is 2.66. The second-order valence-corrected chi connectivity index (χ2v) is 6.01. The molecule has 1 fully saturated rings. The minimum absolute atomic E-state index is 0.278. The number of carbonyl (C=O) groups is 1. The third kappa shape index (κ3) is 4.97. The van der Waals surface area contributed by atoms with Gasteiger partial charge in [-0.15, -0.1) is 0 Å². The van der Waals surface area contributed by atoms with Crippen LogP contribution in [0.3, 0.4) is 0 Å². The largest absolute Gasteiger partial charge is 0.342 e. The Hall–Kier alpha value is -0.570. The van der Waals surface area contributed by atoms with Crippen LogP contribution in [0.5, 0.6) is 0 Å². The molecule has 1 saturated heterocycles. The van der Waals surface area contributed by atoms with E-state index in [0.29, 0.717) is 12.6 Å². The lowest BCUT2D eigenvalue weighted by atomic mass is 9.89. The van der Waals surface area contributed by atoms with Crippen LogP contribution < -0.4 is 5.32 Å². The summed E-state index contributed by atoms with van der Waals surface area (Å²) in [7, 11) is 0. The lowest BCUT2D eigenvalue weighted by molar-refractivity contribution is -0.130. The minimum atomic E-state index is 0.278. The van der Waals surface area contributed by atoms with E-state index in [1.54, 1.807) is 0 Å². The maximum absolute atomic E-state index is 12.1. The smallest absolute Gasteiger partial charge is 0.236 e. The summed E-state index contributed by atoms with van der Waals surface area (Å²) in [4.78, 5) is 14.2. The van der Waals surface area contributed by atoms with Gasteiger partial charge in [0.25, 0.3) is 0 Å². The lowest BCUT2D eigenvalue weighted by Gasteiger charge is -2.22. The van der Waals surface area contributed by atoms with Gasteiger partial charge in [0.15, 0.2) is 0 Å². The zero-order chi connectivity index (χ0) is 13.5. The predicted molar refractivity (Wildman–Crippen MR) is 76.5 cm³/mol. The molecular formula is C15H30N2O. The van der Waals surface area contributed by atoms with Crippen LogP contribution in [-0.2, 0) is 4.79 Å². The van der Waals surface area contributed by atoms with Gasteiger partial charge in [-0.25, -0.2) is 0 Å². The Labute approximate surface area is 112 Å². The van der Waals surface area contributed by atoms with E-state index in [-0.39, 0.29) is 5.91 Å². The fraction of sp³-hybridized carbons (Fsp3) is 0.933. The van der Waals surface area contributed by atoms with Gasteiger partial charge in [-0.2, -0.15) is 0 Å². The normalized spacial score (nSPS) is 22.9. The molecule has 0 bridgehead atoms. The van der Waals surface area contributed by atoms with E-state index in [0.717, 1.165) is 37.8 Å². The van der Waals surface area contributed by atoms with Crippen molar-refractivity contribution in [2.75, 3.05) is 19.6 Å². The molecule has 0 radical (unpaired) electrons. The van der Waals surface area contributed by atoms with Crippen LogP contribution >= 0.6 is 0 Å². The molecule has 1 heterocycles. The molecule has 2 unspecified atom stereocenters. The van der Waals surface area contributed by atoms with Gasteiger partial charge < -0.3 is 10.2 Å². The van der Waals surface area contributed by atoms with Crippen LogP contribution in [-0.4, -0.2) is 36.5 Å². The molecule has 2 atom stereocenters. The van der Waals surface area contributed by atoms with E-state index >= 15 is 0 Å². The molecule has 0 aromatic carbocycles. The van der Waals surface area contributed by atoms with Crippen LogP contribution in [0.4, 0.5) is 0 Å². The Balaban J connectivity index is 2.35. The third-order valence-corrected chi connectivity index (χ3v) is 4.28. The quantitative estimate of drug-likeness (QED) is 0.818. The molecule has 1 aliphatic heterocycles. The molecule has 1 aliphatic rings. The van der Waals surface area contributed by atoms with Crippen LogP contribution in [0, 0.1) is 11.8 Å². The van der Waals surface area contributed by atoms with E-state index < -0.39 is 0 Å². The van der Waals surface area contributed by atoms with E-state index in [1.807, 2.05) is 0 Å².